The molecule has 0 unspecified atom stereocenters. The van der Waals surface area contributed by atoms with Gasteiger partial charge in [0.25, 0.3) is 0 Å². The van der Waals surface area contributed by atoms with E-state index in [-0.39, 0.29) is 18.2 Å². The number of hydrogen-bond acceptors (Lipinski definition) is 4. The second-order valence-corrected chi connectivity index (χ2v) is 5.92. The average Bonchev–Trinajstić information content (AvgIpc) is 3.09. The maximum Gasteiger partial charge on any atom is 0.319 e. The standard InChI is InChI=1S/C14H18N4O2/c19-14(18-11-5-10-3-4-12(11)20-10)17-9-6-15-13(16-7-9)8-1-2-8/h6-8,10-12H,1-5H2,(H2,17,18,19)/t10-,11-,12-/m1/s1. The van der Waals surface area contributed by atoms with E-state index < -0.39 is 0 Å². The second kappa shape index (κ2) is 4.70. The summed E-state index contributed by atoms with van der Waals surface area (Å²) in [6, 6.07) is -0.0608. The Morgan fingerprint density at radius 1 is 1.20 bits per heavy atom. The first-order valence-electron chi connectivity index (χ1n) is 7.33. The quantitative estimate of drug-likeness (QED) is 0.881. The smallest absolute Gasteiger partial charge is 0.319 e. The molecule has 0 radical (unpaired) electrons. The summed E-state index contributed by atoms with van der Waals surface area (Å²) in [5, 5.41) is 5.76. The molecule has 0 spiro atoms. The van der Waals surface area contributed by atoms with E-state index in [0.717, 1.165) is 25.1 Å². The maximum absolute atomic E-state index is 11.9. The molecule has 4 rings (SSSR count). The van der Waals surface area contributed by atoms with Gasteiger partial charge in [0.1, 0.15) is 5.82 Å². The van der Waals surface area contributed by atoms with Crippen molar-refractivity contribution in [2.24, 2.45) is 0 Å². The first-order valence-corrected chi connectivity index (χ1v) is 7.33. The van der Waals surface area contributed by atoms with E-state index in [4.69, 9.17) is 4.74 Å². The Bertz CT molecular complexity index is 514. The lowest BCUT2D eigenvalue weighted by molar-refractivity contribution is 0.0984. The largest absolute Gasteiger partial charge is 0.373 e. The summed E-state index contributed by atoms with van der Waals surface area (Å²) in [6.07, 6.45) is 9.35. The van der Waals surface area contributed by atoms with Gasteiger partial charge in [0.2, 0.25) is 0 Å². The van der Waals surface area contributed by atoms with Crippen molar-refractivity contribution >= 4 is 11.7 Å². The van der Waals surface area contributed by atoms with E-state index in [1.807, 2.05) is 0 Å². The van der Waals surface area contributed by atoms with Gasteiger partial charge in [0.05, 0.1) is 36.3 Å². The molecule has 2 bridgehead atoms. The molecule has 6 nitrogen and oxygen atoms in total. The first-order chi connectivity index (χ1) is 9.78. The Morgan fingerprint density at radius 2 is 2.00 bits per heavy atom. The summed E-state index contributed by atoms with van der Waals surface area (Å²) in [6.45, 7) is 0. The average molecular weight is 274 g/mol. The molecule has 3 fully saturated rings. The third-order valence-corrected chi connectivity index (χ3v) is 4.29. The van der Waals surface area contributed by atoms with Crippen LogP contribution in [-0.4, -0.2) is 34.2 Å². The zero-order valence-corrected chi connectivity index (χ0v) is 11.2. The third kappa shape index (κ3) is 2.35. The summed E-state index contributed by atoms with van der Waals surface area (Å²) in [5.74, 6) is 1.42. The highest BCUT2D eigenvalue weighted by Crippen LogP contribution is 2.37. The van der Waals surface area contributed by atoms with Crippen molar-refractivity contribution in [1.29, 1.82) is 0 Å². The minimum absolute atomic E-state index is 0.139. The van der Waals surface area contributed by atoms with E-state index >= 15 is 0 Å². The molecule has 6 heteroatoms. The lowest BCUT2D eigenvalue weighted by Gasteiger charge is -2.20. The van der Waals surface area contributed by atoms with E-state index in [9.17, 15) is 4.79 Å². The maximum atomic E-state index is 11.9. The number of urea groups is 1. The Morgan fingerprint density at radius 3 is 2.60 bits per heavy atom. The molecule has 1 aromatic rings. The first kappa shape index (κ1) is 12.1. The number of carbonyl (C=O) groups excluding carboxylic acids is 1. The molecule has 3 heterocycles. The number of nitrogens with one attached hydrogen (secondary N) is 2. The van der Waals surface area contributed by atoms with Crippen LogP contribution in [-0.2, 0) is 4.74 Å². The number of aromatic nitrogens is 2. The van der Waals surface area contributed by atoms with Gasteiger partial charge < -0.3 is 15.4 Å². The molecule has 106 valence electrons. The number of rotatable bonds is 3. The number of carbonyl (C=O) groups is 1. The van der Waals surface area contributed by atoms with Gasteiger partial charge in [-0.2, -0.15) is 0 Å². The van der Waals surface area contributed by atoms with Crippen LogP contribution in [0.25, 0.3) is 0 Å². The summed E-state index contributed by atoms with van der Waals surface area (Å²) in [4.78, 5) is 20.5. The summed E-state index contributed by atoms with van der Waals surface area (Å²) in [5.41, 5.74) is 0.635. The molecule has 2 aliphatic heterocycles. The molecule has 3 atom stereocenters. The number of amides is 2. The van der Waals surface area contributed by atoms with Crippen LogP contribution in [0.2, 0.25) is 0 Å². The molecule has 20 heavy (non-hydrogen) atoms. The minimum Gasteiger partial charge on any atom is -0.373 e. The fraction of sp³-hybridized carbons (Fsp3) is 0.643. The zero-order valence-electron chi connectivity index (χ0n) is 11.2. The summed E-state index contributed by atoms with van der Waals surface area (Å²) < 4.78 is 5.72. The van der Waals surface area contributed by atoms with Crippen LogP contribution in [0.15, 0.2) is 12.4 Å². The van der Waals surface area contributed by atoms with Gasteiger partial charge in [-0.25, -0.2) is 14.8 Å². The molecular weight excluding hydrogens is 256 g/mol. The normalized spacial score (nSPS) is 31.3. The van der Waals surface area contributed by atoms with Crippen molar-refractivity contribution in [2.75, 3.05) is 5.32 Å². The van der Waals surface area contributed by atoms with Crippen LogP contribution in [0.3, 0.4) is 0 Å². The predicted octanol–water partition coefficient (Wildman–Crippen LogP) is 1.80. The Labute approximate surface area is 117 Å². The summed E-state index contributed by atoms with van der Waals surface area (Å²) in [7, 11) is 0. The van der Waals surface area contributed by atoms with Crippen molar-refractivity contribution in [3.63, 3.8) is 0 Å². The molecule has 2 saturated heterocycles. The number of fused-ring (bicyclic) bond motifs is 2. The molecule has 1 aromatic heterocycles. The molecule has 1 saturated carbocycles. The van der Waals surface area contributed by atoms with Gasteiger partial charge in [-0.1, -0.05) is 0 Å². The van der Waals surface area contributed by atoms with Gasteiger partial charge in [0.15, 0.2) is 0 Å². The predicted molar refractivity (Wildman–Crippen MR) is 72.5 cm³/mol. The highest BCUT2D eigenvalue weighted by molar-refractivity contribution is 5.89. The van der Waals surface area contributed by atoms with Crippen molar-refractivity contribution in [2.45, 2.75) is 56.3 Å². The number of nitrogens with zero attached hydrogens (tertiary/aromatic N) is 2. The van der Waals surface area contributed by atoms with Crippen LogP contribution in [0.5, 0.6) is 0 Å². The van der Waals surface area contributed by atoms with Crippen molar-refractivity contribution < 1.29 is 9.53 Å². The fourth-order valence-corrected chi connectivity index (χ4v) is 3.08. The molecule has 3 aliphatic rings. The van der Waals surface area contributed by atoms with Crippen molar-refractivity contribution in [1.82, 2.24) is 15.3 Å². The number of anilines is 1. The van der Waals surface area contributed by atoms with Crippen molar-refractivity contribution in [3.8, 4) is 0 Å². The molecule has 2 amide bonds. The van der Waals surface area contributed by atoms with Gasteiger partial charge in [-0.05, 0) is 32.1 Å². The Balaban J connectivity index is 1.32. The highest BCUT2D eigenvalue weighted by Gasteiger charge is 2.41. The SMILES string of the molecule is O=C(Nc1cnc(C2CC2)nc1)N[C@@H]1C[C@H]2CC[C@H]1O2. The third-order valence-electron chi connectivity index (χ3n) is 4.29. The van der Waals surface area contributed by atoms with Gasteiger partial charge in [-0.3, -0.25) is 0 Å². The van der Waals surface area contributed by atoms with Gasteiger partial charge in [-0.15, -0.1) is 0 Å². The molecule has 2 N–H and O–H groups in total. The van der Waals surface area contributed by atoms with E-state index in [1.165, 1.54) is 12.8 Å². The lowest BCUT2D eigenvalue weighted by atomic mass is 9.96. The topological polar surface area (TPSA) is 76.1 Å². The lowest BCUT2D eigenvalue weighted by Crippen LogP contribution is -2.43. The van der Waals surface area contributed by atoms with Crippen LogP contribution >= 0.6 is 0 Å². The number of hydrogen-bond donors (Lipinski definition) is 2. The molecule has 0 aromatic carbocycles. The van der Waals surface area contributed by atoms with Crippen LogP contribution in [0.4, 0.5) is 10.5 Å². The van der Waals surface area contributed by atoms with Gasteiger partial charge in [0, 0.05) is 5.92 Å². The monoisotopic (exact) mass is 274 g/mol. The second-order valence-electron chi connectivity index (χ2n) is 5.92. The van der Waals surface area contributed by atoms with Gasteiger partial charge >= 0.3 is 6.03 Å². The molecule has 1 aliphatic carbocycles. The van der Waals surface area contributed by atoms with Crippen LogP contribution in [0, 0.1) is 0 Å². The zero-order chi connectivity index (χ0) is 13.5. The highest BCUT2D eigenvalue weighted by atomic mass is 16.5. The molecular formula is C14H18N4O2. The van der Waals surface area contributed by atoms with Crippen LogP contribution < -0.4 is 10.6 Å². The van der Waals surface area contributed by atoms with E-state index in [0.29, 0.717) is 17.7 Å². The fourth-order valence-electron chi connectivity index (χ4n) is 3.08. The van der Waals surface area contributed by atoms with E-state index in [1.54, 1.807) is 12.4 Å². The number of ether oxygens (including phenoxy) is 1. The summed E-state index contributed by atoms with van der Waals surface area (Å²) >= 11 is 0. The van der Waals surface area contributed by atoms with E-state index in [2.05, 4.69) is 20.6 Å². The minimum atomic E-state index is -0.200. The van der Waals surface area contributed by atoms with Crippen LogP contribution in [0.1, 0.15) is 43.8 Å². The van der Waals surface area contributed by atoms with Crippen molar-refractivity contribution in [3.05, 3.63) is 18.2 Å². The Hall–Kier alpha value is -1.69. The Kier molecular flexibility index (Phi) is 2.84.